The molecule has 5 aromatic rings. The Morgan fingerprint density at radius 2 is 1.57 bits per heavy atom. The summed E-state index contributed by atoms with van der Waals surface area (Å²) in [6, 6.07) is 17.2. The molecule has 0 aliphatic heterocycles. The van der Waals surface area contributed by atoms with Gasteiger partial charge in [-0.2, -0.15) is 18.2 Å². The number of nitrogens with one attached hydrogen (secondary N) is 1. The van der Waals surface area contributed by atoms with Crippen LogP contribution in [0, 0.1) is 18.6 Å². The number of carbonyl (C=O) groups excluding carboxylic acids is 1. The van der Waals surface area contributed by atoms with E-state index in [0.29, 0.717) is 16.8 Å². The second-order valence-corrected chi connectivity index (χ2v) is 11.3. The van der Waals surface area contributed by atoms with E-state index in [4.69, 9.17) is 14.2 Å². The molecular weight excluding hydrogens is 611 g/mol. The molecule has 0 spiro atoms. The molecular formula is C33H29F5N4O4. The van der Waals surface area contributed by atoms with Gasteiger partial charge in [0.1, 0.15) is 35.5 Å². The molecule has 13 heteroatoms. The summed E-state index contributed by atoms with van der Waals surface area (Å²) in [6.07, 6.45) is -4.39. The molecule has 0 radical (unpaired) electrons. The van der Waals surface area contributed by atoms with Gasteiger partial charge in [0.2, 0.25) is 5.88 Å². The number of halogens is 5. The number of hydrogen-bond acceptors (Lipinski definition) is 6. The van der Waals surface area contributed by atoms with Crippen LogP contribution in [0.2, 0.25) is 0 Å². The van der Waals surface area contributed by atoms with Gasteiger partial charge in [-0.1, -0.05) is 42.5 Å². The topological polar surface area (TPSA) is 87.5 Å². The van der Waals surface area contributed by atoms with Crippen molar-refractivity contribution in [3.8, 4) is 28.6 Å². The Hall–Kier alpha value is -5.20. The van der Waals surface area contributed by atoms with E-state index in [0.717, 1.165) is 28.6 Å². The van der Waals surface area contributed by atoms with Gasteiger partial charge in [0.25, 0.3) is 0 Å². The van der Waals surface area contributed by atoms with Crippen LogP contribution in [-0.4, -0.2) is 39.0 Å². The van der Waals surface area contributed by atoms with Crippen LogP contribution in [0.5, 0.6) is 11.6 Å². The largest absolute Gasteiger partial charge is 0.489 e. The van der Waals surface area contributed by atoms with Gasteiger partial charge >= 0.3 is 12.3 Å². The van der Waals surface area contributed by atoms with E-state index in [1.54, 1.807) is 76.2 Å². The molecule has 0 atom stereocenters. The van der Waals surface area contributed by atoms with Crippen LogP contribution in [0.3, 0.4) is 0 Å². The number of ether oxygens (including phenoxy) is 3. The summed E-state index contributed by atoms with van der Waals surface area (Å²) in [5, 5.41) is 2.60. The molecule has 0 aliphatic carbocycles. The maximum Gasteiger partial charge on any atom is 0.422 e. The van der Waals surface area contributed by atoms with Gasteiger partial charge in [-0.15, -0.1) is 0 Å². The van der Waals surface area contributed by atoms with Gasteiger partial charge in [-0.25, -0.2) is 18.6 Å². The van der Waals surface area contributed by atoms with Crippen molar-refractivity contribution in [2.75, 3.05) is 11.9 Å². The molecule has 2 aromatic heterocycles. The zero-order valence-electron chi connectivity index (χ0n) is 25.2. The highest BCUT2D eigenvalue weighted by Crippen LogP contribution is 2.41. The minimum Gasteiger partial charge on any atom is -0.489 e. The molecule has 1 amide bonds. The summed E-state index contributed by atoms with van der Waals surface area (Å²) in [5.74, 6) is -2.74. The van der Waals surface area contributed by atoms with Crippen molar-refractivity contribution in [1.82, 2.24) is 14.5 Å². The van der Waals surface area contributed by atoms with E-state index in [1.807, 2.05) is 6.07 Å². The van der Waals surface area contributed by atoms with Crippen molar-refractivity contribution in [3.05, 3.63) is 95.8 Å². The lowest BCUT2D eigenvalue weighted by molar-refractivity contribution is -0.153. The maximum atomic E-state index is 15.9. The fourth-order valence-electron chi connectivity index (χ4n) is 4.77. The third-order valence-corrected chi connectivity index (χ3v) is 6.58. The van der Waals surface area contributed by atoms with Crippen LogP contribution in [0.1, 0.15) is 31.9 Å². The molecule has 240 valence electrons. The first-order valence-corrected chi connectivity index (χ1v) is 14.0. The number of hydrogen-bond donors (Lipinski definition) is 1. The lowest BCUT2D eigenvalue weighted by atomic mass is 10.1. The van der Waals surface area contributed by atoms with Crippen molar-refractivity contribution in [2.45, 2.75) is 46.1 Å². The summed E-state index contributed by atoms with van der Waals surface area (Å²) < 4.78 is 88.3. The number of aromatic nitrogens is 3. The van der Waals surface area contributed by atoms with Gasteiger partial charge in [0, 0.05) is 23.4 Å². The highest BCUT2D eigenvalue weighted by Gasteiger charge is 2.31. The predicted molar refractivity (Wildman–Crippen MR) is 161 cm³/mol. The van der Waals surface area contributed by atoms with Crippen molar-refractivity contribution in [1.29, 1.82) is 0 Å². The smallest absolute Gasteiger partial charge is 0.422 e. The molecule has 0 saturated carbocycles. The Morgan fingerprint density at radius 3 is 2.17 bits per heavy atom. The fourth-order valence-corrected chi connectivity index (χ4v) is 4.77. The number of amides is 1. The van der Waals surface area contributed by atoms with E-state index in [1.165, 1.54) is 0 Å². The van der Waals surface area contributed by atoms with E-state index >= 15 is 8.78 Å². The van der Waals surface area contributed by atoms with Crippen LogP contribution in [0.25, 0.3) is 28.0 Å². The third kappa shape index (κ3) is 7.36. The van der Waals surface area contributed by atoms with Crippen molar-refractivity contribution < 1.29 is 41.0 Å². The number of aryl methyl sites for hydroxylation is 1. The van der Waals surface area contributed by atoms with E-state index in [-0.39, 0.29) is 29.1 Å². The monoisotopic (exact) mass is 640 g/mol. The molecule has 5 rings (SSSR count). The van der Waals surface area contributed by atoms with Crippen LogP contribution in [-0.2, 0) is 11.3 Å². The molecule has 2 heterocycles. The van der Waals surface area contributed by atoms with Gasteiger partial charge in [0.05, 0.1) is 11.2 Å². The number of anilines is 1. The van der Waals surface area contributed by atoms with Crippen LogP contribution < -0.4 is 14.8 Å². The predicted octanol–water partition coefficient (Wildman–Crippen LogP) is 8.54. The number of nitrogens with zero attached hydrogens (tertiary/aromatic N) is 3. The minimum absolute atomic E-state index is 0.0445. The third-order valence-electron chi connectivity index (χ3n) is 6.58. The van der Waals surface area contributed by atoms with Crippen molar-refractivity contribution in [3.63, 3.8) is 0 Å². The van der Waals surface area contributed by atoms with Gasteiger partial charge in [-0.3, -0.25) is 9.88 Å². The molecule has 0 saturated heterocycles. The normalized spacial score (nSPS) is 11.8. The van der Waals surface area contributed by atoms with E-state index < -0.39 is 47.7 Å². The SMILES string of the molecule is Cc1c(-c2ccc(NC(=O)OC(C)(C)C)cc2)n(-c2c(F)cc(OCc3ccccc3)cc2F)c2c(OCC(F)(F)F)ncnc12. The molecule has 0 fully saturated rings. The zero-order chi connectivity index (χ0) is 33.2. The highest BCUT2D eigenvalue weighted by molar-refractivity contribution is 5.94. The first-order chi connectivity index (χ1) is 21.7. The Morgan fingerprint density at radius 1 is 0.913 bits per heavy atom. The molecule has 0 unspecified atom stereocenters. The Labute approximate surface area is 260 Å². The Bertz CT molecular complexity index is 1850. The molecule has 3 aromatic carbocycles. The standard InChI is InChI=1S/C33H29F5N4O4/c1-19-26-29(30(40-18-39-26)45-17-33(36,37)38)42(27(19)21-10-12-22(13-11-21)41-31(43)46-32(2,3)4)28-24(34)14-23(15-25(28)35)44-16-20-8-6-5-7-9-20/h5-15,18H,16-17H2,1-4H3,(H,41,43). The second-order valence-electron chi connectivity index (χ2n) is 11.3. The van der Waals surface area contributed by atoms with Gasteiger partial charge in [-0.05, 0) is 51.0 Å². The summed E-state index contributed by atoms with van der Waals surface area (Å²) in [5.41, 5.74) is 0.715. The number of carbonyl (C=O) groups is 1. The van der Waals surface area contributed by atoms with Crippen LogP contribution in [0.4, 0.5) is 32.4 Å². The Balaban J connectivity index is 1.62. The molecule has 0 bridgehead atoms. The zero-order valence-corrected chi connectivity index (χ0v) is 25.2. The average Bonchev–Trinajstić information content (AvgIpc) is 3.26. The summed E-state index contributed by atoms with van der Waals surface area (Å²) in [6.45, 7) is 5.10. The van der Waals surface area contributed by atoms with Crippen molar-refractivity contribution >= 4 is 22.8 Å². The minimum atomic E-state index is -4.71. The van der Waals surface area contributed by atoms with E-state index in [9.17, 15) is 18.0 Å². The van der Waals surface area contributed by atoms with E-state index in [2.05, 4.69) is 15.3 Å². The van der Waals surface area contributed by atoms with Crippen molar-refractivity contribution in [2.24, 2.45) is 0 Å². The van der Waals surface area contributed by atoms with Gasteiger partial charge < -0.3 is 14.2 Å². The number of rotatable bonds is 8. The lowest BCUT2D eigenvalue weighted by Crippen LogP contribution is -2.27. The summed E-state index contributed by atoms with van der Waals surface area (Å²) in [4.78, 5) is 20.3. The molecule has 46 heavy (non-hydrogen) atoms. The number of fused-ring (bicyclic) bond motifs is 1. The number of benzene rings is 3. The molecule has 0 aliphatic rings. The summed E-state index contributed by atoms with van der Waals surface area (Å²) in [7, 11) is 0. The van der Waals surface area contributed by atoms with Crippen LogP contribution in [0.15, 0.2) is 73.1 Å². The van der Waals surface area contributed by atoms with Gasteiger partial charge in [0.15, 0.2) is 18.2 Å². The Kier molecular flexibility index (Phi) is 8.86. The molecule has 8 nitrogen and oxygen atoms in total. The highest BCUT2D eigenvalue weighted by atomic mass is 19.4. The first-order valence-electron chi connectivity index (χ1n) is 14.0. The quantitative estimate of drug-likeness (QED) is 0.171. The van der Waals surface area contributed by atoms with Crippen LogP contribution >= 0.6 is 0 Å². The number of alkyl halides is 3. The second kappa shape index (κ2) is 12.7. The maximum absolute atomic E-state index is 15.9. The lowest BCUT2D eigenvalue weighted by Gasteiger charge is -2.20. The first kappa shape index (κ1) is 32.2. The average molecular weight is 641 g/mol. The molecule has 1 N–H and O–H groups in total. The summed E-state index contributed by atoms with van der Waals surface area (Å²) >= 11 is 0. The fraction of sp³-hybridized carbons (Fsp3) is 0.242.